The van der Waals surface area contributed by atoms with Crippen LogP contribution in [0.3, 0.4) is 0 Å². The van der Waals surface area contributed by atoms with E-state index in [9.17, 15) is 4.79 Å². The van der Waals surface area contributed by atoms with Crippen LogP contribution in [-0.4, -0.2) is 59.1 Å². The average Bonchev–Trinajstić information content (AvgIpc) is 3.29. The van der Waals surface area contributed by atoms with Crippen molar-refractivity contribution in [3.63, 3.8) is 0 Å². The third-order valence-electron chi connectivity index (χ3n) is 6.44. The molecule has 2 heterocycles. The summed E-state index contributed by atoms with van der Waals surface area (Å²) in [6.07, 6.45) is 1.81. The molecule has 0 spiro atoms. The van der Waals surface area contributed by atoms with Crippen LogP contribution in [0.15, 0.2) is 66.9 Å². The van der Waals surface area contributed by atoms with Gasteiger partial charge in [-0.1, -0.05) is 30.3 Å². The molecule has 0 aliphatic carbocycles. The van der Waals surface area contributed by atoms with Crippen LogP contribution in [0.1, 0.15) is 21.5 Å². The second-order valence-electron chi connectivity index (χ2n) is 8.94. The Morgan fingerprint density at radius 2 is 1.88 bits per heavy atom. The van der Waals surface area contributed by atoms with Crippen molar-refractivity contribution in [1.82, 2.24) is 20.0 Å². The summed E-state index contributed by atoms with van der Waals surface area (Å²) in [5, 5.41) is 11.3. The Hall–Kier alpha value is -3.48. The van der Waals surface area contributed by atoms with Crippen LogP contribution in [0.25, 0.3) is 22.0 Å². The molecule has 1 aliphatic heterocycles. The summed E-state index contributed by atoms with van der Waals surface area (Å²) in [7, 11) is 2.17. The number of nitrogens with zero attached hydrogens (tertiary/aromatic N) is 3. The van der Waals surface area contributed by atoms with Crippen LogP contribution in [-0.2, 0) is 6.54 Å². The molecule has 5 rings (SSSR count). The number of fused-ring (bicyclic) bond motifs is 1. The number of amides is 1. The maximum absolute atomic E-state index is 13.1. The molecule has 33 heavy (non-hydrogen) atoms. The number of carbonyl (C=O) groups is 1. The molecule has 0 bridgehead atoms. The minimum atomic E-state index is -0.101. The van der Waals surface area contributed by atoms with Crippen molar-refractivity contribution in [2.75, 3.05) is 38.5 Å². The minimum Gasteiger partial charge on any atom is -0.322 e. The average molecular weight is 440 g/mol. The molecule has 1 fully saturated rings. The number of benzene rings is 3. The highest BCUT2D eigenvalue weighted by molar-refractivity contribution is 6.05. The molecule has 0 atom stereocenters. The van der Waals surface area contributed by atoms with Crippen molar-refractivity contribution < 1.29 is 4.79 Å². The van der Waals surface area contributed by atoms with Gasteiger partial charge in [-0.25, -0.2) is 0 Å². The molecule has 6 heteroatoms. The lowest BCUT2D eigenvalue weighted by Crippen LogP contribution is -2.43. The number of aromatic amines is 1. The summed E-state index contributed by atoms with van der Waals surface area (Å²) in [5.74, 6) is -0.101. The predicted molar refractivity (Wildman–Crippen MR) is 133 cm³/mol. The van der Waals surface area contributed by atoms with Crippen LogP contribution in [0.2, 0.25) is 0 Å². The van der Waals surface area contributed by atoms with Gasteiger partial charge in [-0.05, 0) is 66.6 Å². The molecule has 6 nitrogen and oxygen atoms in total. The summed E-state index contributed by atoms with van der Waals surface area (Å²) in [4.78, 5) is 17.9. The number of carbonyl (C=O) groups excluding carboxylic acids is 1. The minimum absolute atomic E-state index is 0.101. The van der Waals surface area contributed by atoms with E-state index in [-0.39, 0.29) is 5.91 Å². The van der Waals surface area contributed by atoms with Gasteiger partial charge in [-0.15, -0.1) is 0 Å². The first-order chi connectivity index (χ1) is 16.0. The molecule has 1 aromatic heterocycles. The lowest BCUT2D eigenvalue weighted by atomic mass is 9.97. The summed E-state index contributed by atoms with van der Waals surface area (Å²) >= 11 is 0. The third kappa shape index (κ3) is 4.82. The SMILES string of the molecule is Cc1ccc(C(=O)Nc2cccc(CN3CCN(C)CC3)c2)cc1-c1ccc2cn[nH]c2c1. The van der Waals surface area contributed by atoms with Crippen LogP contribution < -0.4 is 5.32 Å². The molecule has 1 aliphatic rings. The second-order valence-corrected chi connectivity index (χ2v) is 8.94. The van der Waals surface area contributed by atoms with Gasteiger partial charge < -0.3 is 10.2 Å². The number of anilines is 1. The maximum Gasteiger partial charge on any atom is 0.255 e. The molecule has 0 saturated carbocycles. The van der Waals surface area contributed by atoms with E-state index in [1.807, 2.05) is 42.6 Å². The van der Waals surface area contributed by atoms with E-state index in [0.717, 1.165) is 66.0 Å². The molecular formula is C27H29N5O. The lowest BCUT2D eigenvalue weighted by molar-refractivity contribution is 0.102. The first-order valence-corrected chi connectivity index (χ1v) is 11.4. The molecule has 0 radical (unpaired) electrons. The van der Waals surface area contributed by atoms with E-state index in [2.05, 4.69) is 63.6 Å². The molecule has 3 aromatic carbocycles. The van der Waals surface area contributed by atoms with E-state index >= 15 is 0 Å². The number of piperazine rings is 1. The molecule has 1 amide bonds. The van der Waals surface area contributed by atoms with Gasteiger partial charge in [0.1, 0.15) is 0 Å². The largest absolute Gasteiger partial charge is 0.322 e. The van der Waals surface area contributed by atoms with E-state index in [1.165, 1.54) is 5.56 Å². The monoisotopic (exact) mass is 439 g/mol. The summed E-state index contributed by atoms with van der Waals surface area (Å²) in [6.45, 7) is 7.31. The van der Waals surface area contributed by atoms with Gasteiger partial charge in [0, 0.05) is 49.4 Å². The van der Waals surface area contributed by atoms with E-state index < -0.39 is 0 Å². The Bertz CT molecular complexity index is 1290. The maximum atomic E-state index is 13.1. The van der Waals surface area contributed by atoms with E-state index in [4.69, 9.17) is 0 Å². The predicted octanol–water partition coefficient (Wildman–Crippen LogP) is 4.54. The van der Waals surface area contributed by atoms with Crippen molar-refractivity contribution in [3.8, 4) is 11.1 Å². The Labute approximate surface area is 194 Å². The molecule has 1 saturated heterocycles. The van der Waals surface area contributed by atoms with Gasteiger partial charge >= 0.3 is 0 Å². The smallest absolute Gasteiger partial charge is 0.255 e. The number of likely N-dealkylation sites (N-methyl/N-ethyl adjacent to an activating group) is 1. The van der Waals surface area contributed by atoms with Crippen LogP contribution in [0, 0.1) is 6.92 Å². The van der Waals surface area contributed by atoms with Crippen molar-refractivity contribution in [2.24, 2.45) is 0 Å². The summed E-state index contributed by atoms with van der Waals surface area (Å²) in [6, 6.07) is 20.2. The highest BCUT2D eigenvalue weighted by Crippen LogP contribution is 2.27. The van der Waals surface area contributed by atoms with E-state index in [1.54, 1.807) is 0 Å². The number of hydrogen-bond acceptors (Lipinski definition) is 4. The first kappa shape index (κ1) is 21.4. The standard InChI is InChI=1S/C27H29N5O/c1-19-6-7-22(15-25(19)21-8-9-23-17-28-30-26(23)16-21)27(33)29-24-5-3-4-20(14-24)18-32-12-10-31(2)11-13-32/h3-9,14-17H,10-13,18H2,1-2H3,(H,28,30)(H,29,33). The van der Waals surface area contributed by atoms with Gasteiger partial charge in [0.25, 0.3) is 5.91 Å². The van der Waals surface area contributed by atoms with Crippen molar-refractivity contribution in [2.45, 2.75) is 13.5 Å². The topological polar surface area (TPSA) is 64.3 Å². The fourth-order valence-corrected chi connectivity index (χ4v) is 4.39. The zero-order valence-corrected chi connectivity index (χ0v) is 19.1. The number of H-pyrrole nitrogens is 1. The number of aromatic nitrogens is 2. The van der Waals surface area contributed by atoms with Gasteiger partial charge in [0.15, 0.2) is 0 Å². The number of aryl methyl sites for hydroxylation is 1. The van der Waals surface area contributed by atoms with Crippen molar-refractivity contribution >= 4 is 22.5 Å². The molecule has 0 unspecified atom stereocenters. The van der Waals surface area contributed by atoms with Gasteiger partial charge in [-0.3, -0.25) is 14.8 Å². The Morgan fingerprint density at radius 1 is 1.03 bits per heavy atom. The summed E-state index contributed by atoms with van der Waals surface area (Å²) < 4.78 is 0. The molecular weight excluding hydrogens is 410 g/mol. The van der Waals surface area contributed by atoms with Gasteiger partial charge in [0.2, 0.25) is 0 Å². The van der Waals surface area contributed by atoms with Crippen LogP contribution in [0.5, 0.6) is 0 Å². The van der Waals surface area contributed by atoms with Crippen molar-refractivity contribution in [1.29, 1.82) is 0 Å². The zero-order chi connectivity index (χ0) is 22.8. The number of rotatable bonds is 5. The lowest BCUT2D eigenvalue weighted by Gasteiger charge is -2.32. The van der Waals surface area contributed by atoms with Gasteiger partial charge in [-0.2, -0.15) is 5.10 Å². The molecule has 4 aromatic rings. The second kappa shape index (κ2) is 9.17. The third-order valence-corrected chi connectivity index (χ3v) is 6.44. The highest BCUT2D eigenvalue weighted by atomic mass is 16.1. The van der Waals surface area contributed by atoms with Gasteiger partial charge in [0.05, 0.1) is 11.7 Å². The Kier molecular flexibility index (Phi) is 5.94. The van der Waals surface area contributed by atoms with Crippen LogP contribution in [0.4, 0.5) is 5.69 Å². The zero-order valence-electron chi connectivity index (χ0n) is 19.1. The molecule has 2 N–H and O–H groups in total. The first-order valence-electron chi connectivity index (χ1n) is 11.4. The Morgan fingerprint density at radius 3 is 2.73 bits per heavy atom. The van der Waals surface area contributed by atoms with E-state index in [0.29, 0.717) is 5.56 Å². The number of hydrogen-bond donors (Lipinski definition) is 2. The Balaban J connectivity index is 1.32. The fraction of sp³-hybridized carbons (Fsp3) is 0.259. The quantitative estimate of drug-likeness (QED) is 0.479. The molecule has 168 valence electrons. The van der Waals surface area contributed by atoms with Crippen LogP contribution >= 0.6 is 0 Å². The summed E-state index contributed by atoms with van der Waals surface area (Å²) in [5.41, 5.74) is 6.90. The number of nitrogens with one attached hydrogen (secondary N) is 2. The fourth-order valence-electron chi connectivity index (χ4n) is 4.39. The highest BCUT2D eigenvalue weighted by Gasteiger charge is 2.15. The van der Waals surface area contributed by atoms with Crippen molar-refractivity contribution in [3.05, 3.63) is 83.6 Å². The normalized spacial score (nSPS) is 15.1.